The van der Waals surface area contributed by atoms with E-state index in [0.29, 0.717) is 11.7 Å². The molecule has 0 aliphatic carbocycles. The van der Waals surface area contributed by atoms with Crippen LogP contribution in [0, 0.1) is 0 Å². The van der Waals surface area contributed by atoms with E-state index in [1.54, 1.807) is 0 Å². The maximum Gasteiger partial charge on any atom is 0.268 e. The number of hydrogen-bond donors (Lipinski definition) is 2. The normalized spacial score (nSPS) is 17.8. The van der Waals surface area contributed by atoms with Crippen molar-refractivity contribution in [3.05, 3.63) is 35.5 Å². The number of carbonyl (C=O) groups excluding carboxylic acids is 1. The van der Waals surface area contributed by atoms with Crippen molar-refractivity contribution in [1.82, 2.24) is 20.8 Å². The maximum absolute atomic E-state index is 11.7. The molecule has 3 heterocycles. The third kappa shape index (κ3) is 2.72. The van der Waals surface area contributed by atoms with Gasteiger partial charge >= 0.3 is 0 Å². The molecule has 1 amide bonds. The first kappa shape index (κ1) is 12.1. The number of carbonyl (C=O) groups is 1. The van der Waals surface area contributed by atoms with Crippen LogP contribution in [-0.2, 0) is 11.3 Å². The fourth-order valence-electron chi connectivity index (χ4n) is 1.75. The molecule has 2 aromatic rings. The Morgan fingerprint density at radius 2 is 2.58 bits per heavy atom. The van der Waals surface area contributed by atoms with Crippen LogP contribution in [0.4, 0.5) is 0 Å². The minimum atomic E-state index is -0.260. The highest BCUT2D eigenvalue weighted by Gasteiger charge is 2.18. The molecule has 6 nitrogen and oxygen atoms in total. The van der Waals surface area contributed by atoms with Crippen LogP contribution in [0.3, 0.4) is 0 Å². The predicted octanol–water partition coefficient (Wildman–Crippen LogP) is 0.942. The molecule has 1 aliphatic rings. The lowest BCUT2D eigenvalue weighted by molar-refractivity contribution is -0.122. The Hall–Kier alpha value is -1.99. The lowest BCUT2D eigenvalue weighted by Crippen LogP contribution is -2.40. The summed E-state index contributed by atoms with van der Waals surface area (Å²) in [6.07, 6.45) is 3.76. The lowest BCUT2D eigenvalue weighted by atomic mass is 10.3. The number of hydrogen-bond acceptors (Lipinski definition) is 6. The zero-order valence-electron chi connectivity index (χ0n) is 10.00. The molecule has 0 radical (unpaired) electrons. The van der Waals surface area contributed by atoms with E-state index in [1.807, 2.05) is 29.7 Å². The second-order valence-electron chi connectivity index (χ2n) is 4.02. The molecule has 1 aliphatic heterocycles. The number of nitrogens with zero attached hydrogens (tertiary/aromatic N) is 2. The van der Waals surface area contributed by atoms with Gasteiger partial charge in [0.2, 0.25) is 5.91 Å². The molecular formula is C12H12N4O2S. The van der Waals surface area contributed by atoms with Crippen molar-refractivity contribution < 1.29 is 9.32 Å². The van der Waals surface area contributed by atoms with Gasteiger partial charge in [-0.25, -0.2) is 0 Å². The summed E-state index contributed by atoms with van der Waals surface area (Å²) in [5.41, 5.74) is 0. The summed E-state index contributed by atoms with van der Waals surface area (Å²) in [4.78, 5) is 16.9. The Labute approximate surface area is 113 Å². The van der Waals surface area contributed by atoms with Crippen molar-refractivity contribution in [2.75, 3.05) is 6.54 Å². The first-order valence-corrected chi connectivity index (χ1v) is 6.75. The largest absolute Gasteiger partial charge is 0.347 e. The van der Waals surface area contributed by atoms with Crippen LogP contribution < -0.4 is 10.6 Å². The zero-order chi connectivity index (χ0) is 13.1. The molecule has 3 rings (SSSR count). The predicted molar refractivity (Wildman–Crippen MR) is 70.4 cm³/mol. The van der Waals surface area contributed by atoms with Crippen molar-refractivity contribution in [2.45, 2.75) is 12.6 Å². The Kier molecular flexibility index (Phi) is 3.39. The van der Waals surface area contributed by atoms with Crippen LogP contribution in [0.5, 0.6) is 0 Å². The molecule has 0 bridgehead atoms. The summed E-state index contributed by atoms with van der Waals surface area (Å²) in [5.74, 6) is 0.869. The van der Waals surface area contributed by atoms with E-state index in [-0.39, 0.29) is 18.5 Å². The minimum Gasteiger partial charge on any atom is -0.347 e. The number of rotatable bonds is 4. The van der Waals surface area contributed by atoms with Crippen LogP contribution in [0.1, 0.15) is 5.82 Å². The zero-order valence-corrected chi connectivity index (χ0v) is 10.8. The number of thiophene rings is 1. The molecule has 1 atom stereocenters. The van der Waals surface area contributed by atoms with Crippen LogP contribution in [0.15, 0.2) is 34.2 Å². The van der Waals surface area contributed by atoms with Gasteiger partial charge < -0.3 is 9.84 Å². The summed E-state index contributed by atoms with van der Waals surface area (Å²) in [6, 6.07) is 3.57. The van der Waals surface area contributed by atoms with Crippen molar-refractivity contribution in [2.24, 2.45) is 0 Å². The summed E-state index contributed by atoms with van der Waals surface area (Å²) < 4.78 is 5.14. The summed E-state index contributed by atoms with van der Waals surface area (Å²) >= 11 is 1.53. The van der Waals surface area contributed by atoms with E-state index in [0.717, 1.165) is 11.4 Å². The third-order valence-corrected chi connectivity index (χ3v) is 3.55. The van der Waals surface area contributed by atoms with E-state index >= 15 is 0 Å². The van der Waals surface area contributed by atoms with Gasteiger partial charge in [0.25, 0.3) is 5.89 Å². The SMILES string of the molecule is O=C(NCc1noc(-c2cccs2)n1)[C@@H]1C=CCN1. The van der Waals surface area contributed by atoms with Gasteiger partial charge in [0, 0.05) is 6.54 Å². The quantitative estimate of drug-likeness (QED) is 0.812. The van der Waals surface area contributed by atoms with Gasteiger partial charge in [0.1, 0.15) is 6.04 Å². The Morgan fingerprint density at radius 3 is 3.32 bits per heavy atom. The van der Waals surface area contributed by atoms with Crippen LogP contribution in [0.25, 0.3) is 10.8 Å². The average Bonchev–Trinajstić information content (AvgIpc) is 3.14. The highest BCUT2D eigenvalue weighted by Crippen LogP contribution is 2.22. The summed E-state index contributed by atoms with van der Waals surface area (Å²) in [7, 11) is 0. The van der Waals surface area contributed by atoms with Crippen molar-refractivity contribution in [3.63, 3.8) is 0 Å². The first-order chi connectivity index (χ1) is 9.33. The Bertz CT molecular complexity index is 591. The van der Waals surface area contributed by atoms with Gasteiger partial charge in [-0.2, -0.15) is 4.98 Å². The van der Waals surface area contributed by atoms with Gasteiger partial charge in [-0.15, -0.1) is 11.3 Å². The highest BCUT2D eigenvalue weighted by molar-refractivity contribution is 7.13. The minimum absolute atomic E-state index is 0.0868. The molecule has 98 valence electrons. The number of aromatic nitrogens is 2. The molecule has 0 saturated carbocycles. The van der Waals surface area contributed by atoms with Crippen molar-refractivity contribution >= 4 is 17.2 Å². The van der Waals surface area contributed by atoms with Crippen molar-refractivity contribution in [1.29, 1.82) is 0 Å². The van der Waals surface area contributed by atoms with Gasteiger partial charge in [-0.3, -0.25) is 10.1 Å². The topological polar surface area (TPSA) is 80.1 Å². The van der Waals surface area contributed by atoms with E-state index in [9.17, 15) is 4.79 Å². The summed E-state index contributed by atoms with van der Waals surface area (Å²) in [6.45, 7) is 0.989. The maximum atomic E-state index is 11.7. The van der Waals surface area contributed by atoms with Crippen LogP contribution in [-0.4, -0.2) is 28.6 Å². The Morgan fingerprint density at radius 1 is 1.63 bits per heavy atom. The van der Waals surface area contributed by atoms with Gasteiger partial charge in [-0.1, -0.05) is 23.4 Å². The van der Waals surface area contributed by atoms with Gasteiger partial charge in [-0.05, 0) is 11.4 Å². The van der Waals surface area contributed by atoms with E-state index < -0.39 is 0 Å². The molecule has 0 unspecified atom stereocenters. The smallest absolute Gasteiger partial charge is 0.268 e. The van der Waals surface area contributed by atoms with E-state index in [1.165, 1.54) is 11.3 Å². The molecule has 0 saturated heterocycles. The van der Waals surface area contributed by atoms with E-state index in [2.05, 4.69) is 20.8 Å². The van der Waals surface area contributed by atoms with Crippen molar-refractivity contribution in [3.8, 4) is 10.8 Å². The molecule has 0 fully saturated rings. The number of nitrogens with one attached hydrogen (secondary N) is 2. The molecule has 2 N–H and O–H groups in total. The highest BCUT2D eigenvalue weighted by atomic mass is 32.1. The molecule has 7 heteroatoms. The number of amides is 1. The molecule has 0 aromatic carbocycles. The van der Waals surface area contributed by atoms with Crippen LogP contribution >= 0.6 is 11.3 Å². The molecular weight excluding hydrogens is 264 g/mol. The molecule has 2 aromatic heterocycles. The summed E-state index contributed by atoms with van der Waals surface area (Å²) in [5, 5.41) is 11.6. The van der Waals surface area contributed by atoms with Crippen LogP contribution in [0.2, 0.25) is 0 Å². The Balaban J connectivity index is 1.58. The van der Waals surface area contributed by atoms with Gasteiger partial charge in [0.05, 0.1) is 11.4 Å². The first-order valence-electron chi connectivity index (χ1n) is 5.87. The van der Waals surface area contributed by atoms with E-state index in [4.69, 9.17) is 4.52 Å². The van der Waals surface area contributed by atoms with Gasteiger partial charge in [0.15, 0.2) is 5.82 Å². The fourth-order valence-corrected chi connectivity index (χ4v) is 2.39. The second kappa shape index (κ2) is 5.33. The third-order valence-electron chi connectivity index (χ3n) is 2.69. The lowest BCUT2D eigenvalue weighted by Gasteiger charge is -2.08. The monoisotopic (exact) mass is 276 g/mol. The fraction of sp³-hybridized carbons (Fsp3) is 0.250. The molecule has 19 heavy (non-hydrogen) atoms. The second-order valence-corrected chi connectivity index (χ2v) is 4.97. The standard InChI is InChI=1S/C12H12N4O2S/c17-11(8-3-1-5-13-8)14-7-10-15-12(18-16-10)9-4-2-6-19-9/h1-4,6,8,13H,5,7H2,(H,14,17)/t8-/m0/s1. The molecule has 0 spiro atoms. The average molecular weight is 276 g/mol.